The van der Waals surface area contributed by atoms with Crippen molar-refractivity contribution in [3.63, 3.8) is 0 Å². The molecule has 4 heterocycles. The van der Waals surface area contributed by atoms with E-state index in [1.54, 1.807) is 11.9 Å². The van der Waals surface area contributed by atoms with Crippen molar-refractivity contribution in [1.82, 2.24) is 28.9 Å². The van der Waals surface area contributed by atoms with Gasteiger partial charge in [-0.25, -0.2) is 18.6 Å². The monoisotopic (exact) mass is 537 g/mol. The summed E-state index contributed by atoms with van der Waals surface area (Å²) >= 11 is 12.1. The van der Waals surface area contributed by atoms with Gasteiger partial charge in [-0.1, -0.05) is 23.2 Å². The molecular formula is C22H19Cl2F2N7O3. The molecule has 1 aliphatic heterocycles. The average molecular weight is 538 g/mol. The number of halogens is 4. The zero-order valence-electron chi connectivity index (χ0n) is 19.1. The molecule has 5 rings (SSSR count). The van der Waals surface area contributed by atoms with Crippen molar-refractivity contribution in [2.24, 2.45) is 7.05 Å². The van der Waals surface area contributed by atoms with Crippen LogP contribution >= 0.6 is 23.2 Å². The highest BCUT2D eigenvalue weighted by Crippen LogP contribution is 2.31. The molecule has 0 amide bonds. The number of aromatic nitrogens is 6. The van der Waals surface area contributed by atoms with Crippen molar-refractivity contribution in [2.75, 3.05) is 25.1 Å². The Hall–Kier alpha value is -3.51. The standard InChI is InChI=1S/C22H19Cl2F2N7O3/c1-30-10-27-16(29-30)9-32-21(34)18-15(7-17(28-20(18)36-2)31-4-3-11(25)8-31)33(22(32)35)12-5-13(23)19(26)14(24)6-12/h5-7,10-11H,3-4,8-9H2,1-2H3/t11-/m1/s1. The molecule has 188 valence electrons. The topological polar surface area (TPSA) is 100 Å². The average Bonchev–Trinajstić information content (AvgIpc) is 3.47. The highest BCUT2D eigenvalue weighted by molar-refractivity contribution is 6.35. The number of anilines is 1. The molecule has 0 spiro atoms. The third-order valence-corrected chi connectivity index (χ3v) is 6.45. The largest absolute Gasteiger partial charge is 0.480 e. The molecule has 0 saturated carbocycles. The second-order valence-electron chi connectivity index (χ2n) is 8.28. The first-order valence-electron chi connectivity index (χ1n) is 10.8. The lowest BCUT2D eigenvalue weighted by Crippen LogP contribution is -2.40. The summed E-state index contributed by atoms with van der Waals surface area (Å²) in [4.78, 5) is 37.5. The van der Waals surface area contributed by atoms with Gasteiger partial charge in [0.2, 0.25) is 5.88 Å². The Morgan fingerprint density at radius 3 is 2.50 bits per heavy atom. The van der Waals surface area contributed by atoms with Crippen LogP contribution in [0.25, 0.3) is 16.6 Å². The summed E-state index contributed by atoms with van der Waals surface area (Å²) in [7, 11) is 2.98. The van der Waals surface area contributed by atoms with Crippen LogP contribution in [0.3, 0.4) is 0 Å². The maximum absolute atomic E-state index is 14.2. The summed E-state index contributed by atoms with van der Waals surface area (Å²) in [5.41, 5.74) is -1.26. The molecule has 3 aromatic heterocycles. The van der Waals surface area contributed by atoms with Gasteiger partial charge < -0.3 is 9.64 Å². The molecule has 0 radical (unpaired) electrons. The van der Waals surface area contributed by atoms with E-state index in [1.807, 2.05) is 0 Å². The van der Waals surface area contributed by atoms with Gasteiger partial charge in [0, 0.05) is 19.7 Å². The molecule has 1 fully saturated rings. The van der Waals surface area contributed by atoms with Crippen molar-refractivity contribution < 1.29 is 13.5 Å². The predicted octanol–water partition coefficient (Wildman–Crippen LogP) is 2.73. The van der Waals surface area contributed by atoms with Crippen LogP contribution in [0.5, 0.6) is 5.88 Å². The van der Waals surface area contributed by atoms with Crippen LogP contribution in [0.1, 0.15) is 12.2 Å². The number of fused-ring (bicyclic) bond motifs is 1. The van der Waals surface area contributed by atoms with Crippen molar-refractivity contribution in [3.05, 3.63) is 67.1 Å². The van der Waals surface area contributed by atoms with Crippen LogP contribution in [0.2, 0.25) is 10.0 Å². The smallest absolute Gasteiger partial charge is 0.336 e. The first-order valence-corrected chi connectivity index (χ1v) is 11.6. The van der Waals surface area contributed by atoms with Gasteiger partial charge in [0.25, 0.3) is 5.56 Å². The molecule has 1 aliphatic rings. The number of benzene rings is 1. The fraction of sp³-hybridized carbons (Fsp3) is 0.318. The lowest BCUT2D eigenvalue weighted by atomic mass is 10.2. The summed E-state index contributed by atoms with van der Waals surface area (Å²) in [6.45, 7) is 0.240. The normalized spacial score (nSPS) is 15.7. The van der Waals surface area contributed by atoms with Crippen LogP contribution in [0.15, 0.2) is 34.1 Å². The van der Waals surface area contributed by atoms with Gasteiger partial charge in [-0.15, -0.1) is 0 Å². The quantitative estimate of drug-likeness (QED) is 0.361. The Labute approximate surface area is 212 Å². The first-order chi connectivity index (χ1) is 17.2. The lowest BCUT2D eigenvalue weighted by molar-refractivity contribution is 0.364. The van der Waals surface area contributed by atoms with Gasteiger partial charge in [0.1, 0.15) is 23.7 Å². The fourth-order valence-corrected chi connectivity index (χ4v) is 4.69. The Morgan fingerprint density at radius 1 is 1.19 bits per heavy atom. The van der Waals surface area contributed by atoms with E-state index in [4.69, 9.17) is 27.9 Å². The van der Waals surface area contributed by atoms with E-state index in [0.29, 0.717) is 18.8 Å². The molecule has 14 heteroatoms. The Balaban J connectivity index is 1.86. The minimum Gasteiger partial charge on any atom is -0.480 e. The maximum atomic E-state index is 14.2. The Bertz CT molecular complexity index is 1590. The number of aryl methyl sites for hydroxylation is 1. The number of pyridine rings is 1. The molecule has 10 nitrogen and oxygen atoms in total. The van der Waals surface area contributed by atoms with E-state index in [1.165, 1.54) is 36.3 Å². The van der Waals surface area contributed by atoms with Gasteiger partial charge in [0.05, 0.1) is 41.4 Å². The first kappa shape index (κ1) is 24.2. The molecule has 0 unspecified atom stereocenters. The van der Waals surface area contributed by atoms with E-state index in [2.05, 4.69) is 15.1 Å². The molecule has 1 saturated heterocycles. The van der Waals surface area contributed by atoms with Crippen LogP contribution in [-0.4, -0.2) is 55.3 Å². The fourth-order valence-electron chi connectivity index (χ4n) is 4.21. The van der Waals surface area contributed by atoms with Crippen molar-refractivity contribution in [3.8, 4) is 11.6 Å². The SMILES string of the molecule is COc1nc(N2CC[C@@H](F)C2)cc2c1c(=O)n(Cc1ncn(C)n1)c(=O)n2-c1cc(Cl)c(F)c(Cl)c1. The second kappa shape index (κ2) is 9.17. The Kier molecular flexibility index (Phi) is 6.17. The molecular weight excluding hydrogens is 519 g/mol. The number of ether oxygens (including phenoxy) is 1. The molecule has 0 N–H and O–H groups in total. The number of hydrogen-bond donors (Lipinski definition) is 0. The minimum absolute atomic E-state index is 0.0238. The molecule has 1 aromatic carbocycles. The van der Waals surface area contributed by atoms with Crippen LogP contribution < -0.4 is 20.9 Å². The second-order valence-corrected chi connectivity index (χ2v) is 9.10. The van der Waals surface area contributed by atoms with Gasteiger partial charge >= 0.3 is 5.69 Å². The summed E-state index contributed by atoms with van der Waals surface area (Å²) in [6, 6.07) is 3.93. The molecule has 0 bridgehead atoms. The number of alkyl halides is 1. The molecule has 1 atom stereocenters. The third kappa shape index (κ3) is 4.09. The van der Waals surface area contributed by atoms with Crippen molar-refractivity contribution >= 4 is 39.9 Å². The highest BCUT2D eigenvalue weighted by Gasteiger charge is 2.27. The van der Waals surface area contributed by atoms with Crippen molar-refractivity contribution in [2.45, 2.75) is 19.1 Å². The zero-order chi connectivity index (χ0) is 25.7. The summed E-state index contributed by atoms with van der Waals surface area (Å²) in [5, 5.41) is 3.49. The van der Waals surface area contributed by atoms with Gasteiger partial charge in [-0.3, -0.25) is 18.6 Å². The summed E-state index contributed by atoms with van der Waals surface area (Å²) in [5.74, 6) is -0.384. The van der Waals surface area contributed by atoms with Crippen LogP contribution in [0, 0.1) is 5.82 Å². The highest BCUT2D eigenvalue weighted by atomic mass is 35.5. The number of methoxy groups -OCH3 is 1. The lowest BCUT2D eigenvalue weighted by Gasteiger charge is -2.20. The van der Waals surface area contributed by atoms with Crippen molar-refractivity contribution in [1.29, 1.82) is 0 Å². The van der Waals surface area contributed by atoms with Gasteiger partial charge in [-0.05, 0) is 18.6 Å². The Morgan fingerprint density at radius 2 is 1.92 bits per heavy atom. The zero-order valence-corrected chi connectivity index (χ0v) is 20.6. The van der Waals surface area contributed by atoms with Crippen LogP contribution in [0.4, 0.5) is 14.6 Å². The molecule has 36 heavy (non-hydrogen) atoms. The van der Waals surface area contributed by atoms with Gasteiger partial charge in [-0.2, -0.15) is 10.1 Å². The van der Waals surface area contributed by atoms with E-state index in [9.17, 15) is 18.4 Å². The molecule has 0 aliphatic carbocycles. The number of hydrogen-bond acceptors (Lipinski definition) is 7. The molecule has 4 aromatic rings. The minimum atomic E-state index is -1.04. The summed E-state index contributed by atoms with van der Waals surface area (Å²) < 4.78 is 37.1. The summed E-state index contributed by atoms with van der Waals surface area (Å²) in [6.07, 6.45) is 0.711. The van der Waals surface area contributed by atoms with E-state index in [0.717, 1.165) is 9.13 Å². The van der Waals surface area contributed by atoms with E-state index < -0.39 is 23.2 Å². The van der Waals surface area contributed by atoms with E-state index in [-0.39, 0.29) is 51.4 Å². The number of rotatable bonds is 5. The third-order valence-electron chi connectivity index (χ3n) is 5.90. The maximum Gasteiger partial charge on any atom is 0.336 e. The van der Waals surface area contributed by atoms with Gasteiger partial charge in [0.15, 0.2) is 11.6 Å². The van der Waals surface area contributed by atoms with Crippen LogP contribution in [-0.2, 0) is 13.6 Å². The predicted molar refractivity (Wildman–Crippen MR) is 130 cm³/mol. The van der Waals surface area contributed by atoms with E-state index >= 15 is 0 Å². The number of nitrogens with zero attached hydrogens (tertiary/aromatic N) is 7.